The van der Waals surface area contributed by atoms with Crippen molar-refractivity contribution in [2.45, 2.75) is 12.8 Å². The van der Waals surface area contributed by atoms with E-state index in [0.29, 0.717) is 12.2 Å². The van der Waals surface area contributed by atoms with Crippen LogP contribution in [0.1, 0.15) is 18.5 Å². The van der Waals surface area contributed by atoms with Crippen LogP contribution in [0.25, 0.3) is 5.69 Å². The summed E-state index contributed by atoms with van der Waals surface area (Å²) in [6.45, 7) is 2.59. The van der Waals surface area contributed by atoms with Crippen molar-refractivity contribution in [2.75, 3.05) is 6.54 Å². The third-order valence-electron chi connectivity index (χ3n) is 2.64. The van der Waals surface area contributed by atoms with Crippen LogP contribution >= 0.6 is 0 Å². The topological polar surface area (TPSA) is 64.1 Å². The van der Waals surface area contributed by atoms with Gasteiger partial charge < -0.3 is 10.8 Å². The van der Waals surface area contributed by atoms with Gasteiger partial charge in [-0.2, -0.15) is 5.10 Å². The lowest BCUT2D eigenvalue weighted by molar-refractivity contribution is 0.469. The van der Waals surface area contributed by atoms with E-state index in [1.807, 2.05) is 25.1 Å². The van der Waals surface area contributed by atoms with Crippen LogP contribution in [0.5, 0.6) is 5.75 Å². The Kier molecular flexibility index (Phi) is 2.92. The van der Waals surface area contributed by atoms with E-state index < -0.39 is 0 Å². The van der Waals surface area contributed by atoms with Gasteiger partial charge in [0.15, 0.2) is 0 Å². The number of aromatic nitrogens is 2. The lowest BCUT2D eigenvalue weighted by Gasteiger charge is -2.13. The summed E-state index contributed by atoms with van der Waals surface area (Å²) in [4.78, 5) is 0. The van der Waals surface area contributed by atoms with Crippen molar-refractivity contribution in [3.63, 3.8) is 0 Å². The molecule has 0 amide bonds. The van der Waals surface area contributed by atoms with Gasteiger partial charge in [-0.05, 0) is 18.2 Å². The zero-order valence-electron chi connectivity index (χ0n) is 9.17. The first kappa shape index (κ1) is 10.7. The molecule has 4 nitrogen and oxygen atoms in total. The highest BCUT2D eigenvalue weighted by Crippen LogP contribution is 2.24. The molecular weight excluding hydrogens is 202 g/mol. The van der Waals surface area contributed by atoms with Gasteiger partial charge >= 0.3 is 0 Å². The Morgan fingerprint density at radius 2 is 2.12 bits per heavy atom. The maximum Gasteiger partial charge on any atom is 0.141 e. The minimum absolute atomic E-state index is 0.210. The summed E-state index contributed by atoms with van der Waals surface area (Å²) in [7, 11) is 0. The third kappa shape index (κ3) is 1.79. The number of para-hydroxylation sites is 2. The van der Waals surface area contributed by atoms with E-state index >= 15 is 0 Å². The van der Waals surface area contributed by atoms with E-state index in [-0.39, 0.29) is 11.7 Å². The molecule has 0 saturated carbocycles. The molecule has 1 aromatic heterocycles. The number of hydrogen-bond donors (Lipinski definition) is 2. The lowest BCUT2D eigenvalue weighted by atomic mass is 10.1. The van der Waals surface area contributed by atoms with Crippen LogP contribution in [0.2, 0.25) is 0 Å². The molecule has 3 N–H and O–H groups in total. The largest absolute Gasteiger partial charge is 0.506 e. The Labute approximate surface area is 94.3 Å². The number of rotatable bonds is 3. The van der Waals surface area contributed by atoms with Crippen molar-refractivity contribution in [3.8, 4) is 11.4 Å². The Hall–Kier alpha value is -1.81. The Bertz CT molecular complexity index is 479. The smallest absolute Gasteiger partial charge is 0.141 e. The summed E-state index contributed by atoms with van der Waals surface area (Å²) >= 11 is 0. The van der Waals surface area contributed by atoms with Crippen LogP contribution in [0.3, 0.4) is 0 Å². The van der Waals surface area contributed by atoms with Crippen LogP contribution in [-0.2, 0) is 0 Å². The van der Waals surface area contributed by atoms with Gasteiger partial charge in [0.25, 0.3) is 0 Å². The summed E-state index contributed by atoms with van der Waals surface area (Å²) in [5.41, 5.74) is 7.33. The zero-order valence-corrected chi connectivity index (χ0v) is 9.17. The molecule has 16 heavy (non-hydrogen) atoms. The molecular formula is C12H15N3O. The molecule has 2 rings (SSSR count). The predicted octanol–water partition coefficient (Wildman–Crippen LogP) is 1.64. The van der Waals surface area contributed by atoms with Crippen molar-refractivity contribution in [3.05, 3.63) is 42.2 Å². The maximum absolute atomic E-state index is 9.77. The van der Waals surface area contributed by atoms with Crippen LogP contribution in [-0.4, -0.2) is 21.4 Å². The predicted molar refractivity (Wildman–Crippen MR) is 62.7 cm³/mol. The van der Waals surface area contributed by atoms with Crippen LogP contribution in [0.4, 0.5) is 0 Å². The number of nitrogens with two attached hydrogens (primary N) is 1. The van der Waals surface area contributed by atoms with Crippen LogP contribution < -0.4 is 5.73 Å². The summed E-state index contributed by atoms with van der Waals surface area (Å²) in [6.07, 6.45) is 1.72. The zero-order chi connectivity index (χ0) is 11.5. The molecule has 0 saturated heterocycles. The maximum atomic E-state index is 9.77. The fourth-order valence-corrected chi connectivity index (χ4v) is 1.65. The molecule has 0 aliphatic rings. The SMILES string of the molecule is CC(CN)c1ccnn1-c1ccccc1O. The third-order valence-corrected chi connectivity index (χ3v) is 2.64. The second-order valence-corrected chi connectivity index (χ2v) is 3.79. The molecule has 0 aliphatic heterocycles. The fourth-order valence-electron chi connectivity index (χ4n) is 1.65. The molecule has 1 unspecified atom stereocenters. The Morgan fingerprint density at radius 3 is 2.81 bits per heavy atom. The Balaban J connectivity index is 2.49. The summed E-state index contributed by atoms with van der Waals surface area (Å²) < 4.78 is 1.73. The van der Waals surface area contributed by atoms with Gasteiger partial charge in [-0.1, -0.05) is 19.1 Å². The van der Waals surface area contributed by atoms with Crippen molar-refractivity contribution in [1.82, 2.24) is 9.78 Å². The van der Waals surface area contributed by atoms with Gasteiger partial charge in [-0.25, -0.2) is 4.68 Å². The highest BCUT2D eigenvalue weighted by Gasteiger charge is 2.12. The van der Waals surface area contributed by atoms with E-state index in [4.69, 9.17) is 5.73 Å². The average molecular weight is 217 g/mol. The molecule has 4 heteroatoms. The van der Waals surface area contributed by atoms with Gasteiger partial charge in [0.1, 0.15) is 11.4 Å². The number of phenols is 1. The van der Waals surface area contributed by atoms with E-state index in [1.54, 1.807) is 23.0 Å². The molecule has 1 aromatic carbocycles. The van der Waals surface area contributed by atoms with Crippen molar-refractivity contribution in [1.29, 1.82) is 0 Å². The van der Waals surface area contributed by atoms with Gasteiger partial charge in [-0.15, -0.1) is 0 Å². The normalized spacial score (nSPS) is 12.6. The van der Waals surface area contributed by atoms with Gasteiger partial charge in [0.05, 0.1) is 0 Å². The number of benzene rings is 1. The van der Waals surface area contributed by atoms with Gasteiger partial charge in [0, 0.05) is 24.4 Å². The minimum Gasteiger partial charge on any atom is -0.506 e. The first-order chi connectivity index (χ1) is 7.74. The minimum atomic E-state index is 0.210. The number of aromatic hydroxyl groups is 1. The summed E-state index contributed by atoms with van der Waals surface area (Å²) in [5, 5.41) is 14.0. The number of phenolic OH excluding ortho intramolecular Hbond substituents is 1. The van der Waals surface area contributed by atoms with E-state index in [9.17, 15) is 5.11 Å². The van der Waals surface area contributed by atoms with Gasteiger partial charge in [-0.3, -0.25) is 0 Å². The van der Waals surface area contributed by atoms with E-state index in [0.717, 1.165) is 5.69 Å². The molecule has 1 atom stereocenters. The second-order valence-electron chi connectivity index (χ2n) is 3.79. The Morgan fingerprint density at radius 1 is 1.38 bits per heavy atom. The lowest BCUT2D eigenvalue weighted by Crippen LogP contribution is -2.13. The van der Waals surface area contributed by atoms with Crippen LogP contribution in [0, 0.1) is 0 Å². The fraction of sp³-hybridized carbons (Fsp3) is 0.250. The summed E-state index contributed by atoms with van der Waals surface area (Å²) in [5.74, 6) is 0.429. The summed E-state index contributed by atoms with van der Waals surface area (Å²) in [6, 6.07) is 9.05. The molecule has 2 aromatic rings. The number of nitrogens with zero attached hydrogens (tertiary/aromatic N) is 2. The van der Waals surface area contributed by atoms with E-state index in [1.165, 1.54) is 0 Å². The van der Waals surface area contributed by atoms with Crippen LogP contribution in [0.15, 0.2) is 36.5 Å². The van der Waals surface area contributed by atoms with E-state index in [2.05, 4.69) is 5.10 Å². The number of hydrogen-bond acceptors (Lipinski definition) is 3. The molecule has 0 bridgehead atoms. The quantitative estimate of drug-likeness (QED) is 0.821. The molecule has 0 fully saturated rings. The standard InChI is InChI=1S/C12H15N3O/c1-9(8-13)10-6-7-14-15(10)11-4-2-3-5-12(11)16/h2-7,9,16H,8,13H2,1H3. The first-order valence-electron chi connectivity index (χ1n) is 5.26. The molecule has 0 aliphatic carbocycles. The second kappa shape index (κ2) is 4.37. The highest BCUT2D eigenvalue weighted by molar-refractivity contribution is 5.46. The molecule has 84 valence electrons. The average Bonchev–Trinajstić information content (AvgIpc) is 2.77. The molecule has 0 radical (unpaired) electrons. The van der Waals surface area contributed by atoms with Crippen molar-refractivity contribution < 1.29 is 5.11 Å². The van der Waals surface area contributed by atoms with Crippen molar-refractivity contribution in [2.24, 2.45) is 5.73 Å². The first-order valence-corrected chi connectivity index (χ1v) is 5.26. The highest BCUT2D eigenvalue weighted by atomic mass is 16.3. The van der Waals surface area contributed by atoms with Crippen molar-refractivity contribution >= 4 is 0 Å². The van der Waals surface area contributed by atoms with Gasteiger partial charge in [0.2, 0.25) is 0 Å². The molecule has 0 spiro atoms. The molecule has 1 heterocycles. The monoisotopic (exact) mass is 217 g/mol.